The Morgan fingerprint density at radius 3 is 2.89 bits per heavy atom. The smallest absolute Gasteiger partial charge is 0.303 e. The van der Waals surface area contributed by atoms with E-state index < -0.39 is 5.97 Å². The van der Waals surface area contributed by atoms with Crippen molar-refractivity contribution in [3.05, 3.63) is 44.8 Å². The van der Waals surface area contributed by atoms with Crippen LogP contribution in [0.2, 0.25) is 5.02 Å². The lowest BCUT2D eigenvalue weighted by atomic mass is 10.00. The van der Waals surface area contributed by atoms with Gasteiger partial charge in [-0.3, -0.25) is 4.79 Å². The lowest BCUT2D eigenvalue weighted by molar-refractivity contribution is -0.137. The molecule has 18 heavy (non-hydrogen) atoms. The van der Waals surface area contributed by atoms with E-state index in [-0.39, 0.29) is 12.5 Å². The van der Waals surface area contributed by atoms with Gasteiger partial charge in [0.1, 0.15) is 0 Å². The zero-order valence-corrected chi connectivity index (χ0v) is 10.8. The number of carboxylic acid groups (broad SMARTS) is 1. The Balaban J connectivity index is 2.80. The number of azide groups is 1. The lowest BCUT2D eigenvalue weighted by Gasteiger charge is -2.12. The number of hydrogen-bond donors (Lipinski definition) is 1. The molecule has 5 nitrogen and oxygen atoms in total. The molecule has 0 spiro atoms. The first-order valence-corrected chi connectivity index (χ1v) is 5.94. The molecule has 0 saturated carbocycles. The minimum absolute atomic E-state index is 0.0734. The Hall–Kier alpha value is -1.71. The monoisotopic (exact) mass is 267 g/mol. The first kappa shape index (κ1) is 14.4. The van der Waals surface area contributed by atoms with E-state index in [9.17, 15) is 4.79 Å². The average molecular weight is 268 g/mol. The number of aryl methyl sites for hydroxylation is 1. The van der Waals surface area contributed by atoms with Crippen molar-refractivity contribution in [1.82, 2.24) is 0 Å². The number of hydrogen-bond acceptors (Lipinski definition) is 2. The van der Waals surface area contributed by atoms with Gasteiger partial charge in [-0.05, 0) is 42.5 Å². The van der Waals surface area contributed by atoms with Crippen LogP contribution in [0, 0.1) is 6.92 Å². The summed E-state index contributed by atoms with van der Waals surface area (Å²) in [6.07, 6.45) is 1.06. The maximum atomic E-state index is 10.5. The maximum Gasteiger partial charge on any atom is 0.303 e. The standard InChI is InChI=1S/C12H14ClN3O2/c1-8-7-9(5-6-10(8)13)11(15-16-14)3-2-4-12(17)18/h5-7,11H,2-4H2,1H3,(H,17,18). The van der Waals surface area contributed by atoms with Gasteiger partial charge in [0.25, 0.3) is 0 Å². The number of carboxylic acids is 1. The van der Waals surface area contributed by atoms with Crippen molar-refractivity contribution < 1.29 is 9.90 Å². The van der Waals surface area contributed by atoms with Crippen molar-refractivity contribution in [2.75, 3.05) is 0 Å². The average Bonchev–Trinajstić information content (AvgIpc) is 2.31. The Kier molecular flexibility index (Phi) is 5.49. The molecule has 96 valence electrons. The third kappa shape index (κ3) is 4.28. The molecule has 1 aromatic carbocycles. The second-order valence-corrected chi connectivity index (χ2v) is 4.42. The molecule has 1 aromatic rings. The molecule has 0 aliphatic heterocycles. The molecule has 0 aliphatic carbocycles. The highest BCUT2D eigenvalue weighted by atomic mass is 35.5. The molecule has 0 aromatic heterocycles. The number of nitrogens with zero attached hydrogens (tertiary/aromatic N) is 3. The van der Waals surface area contributed by atoms with E-state index in [1.54, 1.807) is 12.1 Å². The Morgan fingerprint density at radius 2 is 2.33 bits per heavy atom. The van der Waals surface area contributed by atoms with Crippen LogP contribution in [0.5, 0.6) is 0 Å². The van der Waals surface area contributed by atoms with Crippen molar-refractivity contribution >= 4 is 17.6 Å². The van der Waals surface area contributed by atoms with Gasteiger partial charge in [-0.2, -0.15) is 0 Å². The molecule has 0 fully saturated rings. The number of halogens is 1. The normalized spacial score (nSPS) is 11.7. The van der Waals surface area contributed by atoms with E-state index in [0.717, 1.165) is 11.1 Å². The number of benzene rings is 1. The molecule has 0 amide bonds. The maximum absolute atomic E-state index is 10.5. The summed E-state index contributed by atoms with van der Waals surface area (Å²) in [4.78, 5) is 13.3. The third-order valence-corrected chi connectivity index (χ3v) is 3.05. The van der Waals surface area contributed by atoms with Crippen LogP contribution in [0.25, 0.3) is 10.4 Å². The van der Waals surface area contributed by atoms with Crippen molar-refractivity contribution in [3.8, 4) is 0 Å². The van der Waals surface area contributed by atoms with Crippen molar-refractivity contribution in [2.45, 2.75) is 32.2 Å². The van der Waals surface area contributed by atoms with Gasteiger partial charge in [-0.1, -0.05) is 28.8 Å². The van der Waals surface area contributed by atoms with Gasteiger partial charge in [0, 0.05) is 16.4 Å². The Bertz CT molecular complexity index is 484. The second-order valence-electron chi connectivity index (χ2n) is 4.02. The van der Waals surface area contributed by atoms with Crippen LogP contribution in [0.15, 0.2) is 23.3 Å². The van der Waals surface area contributed by atoms with Crippen molar-refractivity contribution in [1.29, 1.82) is 0 Å². The highest BCUT2D eigenvalue weighted by Gasteiger charge is 2.11. The van der Waals surface area contributed by atoms with Gasteiger partial charge in [0.15, 0.2) is 0 Å². The summed E-state index contributed by atoms with van der Waals surface area (Å²) < 4.78 is 0. The fourth-order valence-corrected chi connectivity index (χ4v) is 1.79. The molecule has 1 rings (SSSR count). The molecule has 1 atom stereocenters. The Morgan fingerprint density at radius 1 is 1.61 bits per heavy atom. The molecule has 0 radical (unpaired) electrons. The molecule has 1 unspecified atom stereocenters. The molecule has 0 saturated heterocycles. The van der Waals surface area contributed by atoms with Crippen molar-refractivity contribution in [3.63, 3.8) is 0 Å². The van der Waals surface area contributed by atoms with Gasteiger partial charge in [-0.25, -0.2) is 0 Å². The fraction of sp³-hybridized carbons (Fsp3) is 0.417. The van der Waals surface area contributed by atoms with E-state index in [1.807, 2.05) is 13.0 Å². The van der Waals surface area contributed by atoms with E-state index in [2.05, 4.69) is 10.0 Å². The molecule has 0 heterocycles. The van der Waals surface area contributed by atoms with Gasteiger partial charge in [0.2, 0.25) is 0 Å². The van der Waals surface area contributed by atoms with E-state index in [1.165, 1.54) is 0 Å². The van der Waals surface area contributed by atoms with Gasteiger partial charge >= 0.3 is 5.97 Å². The van der Waals surface area contributed by atoms with E-state index >= 15 is 0 Å². The zero-order valence-electron chi connectivity index (χ0n) is 10.0. The van der Waals surface area contributed by atoms with E-state index in [4.69, 9.17) is 22.2 Å². The summed E-state index contributed by atoms with van der Waals surface area (Å²) >= 11 is 5.93. The van der Waals surface area contributed by atoms with Crippen LogP contribution < -0.4 is 0 Å². The van der Waals surface area contributed by atoms with Crippen LogP contribution >= 0.6 is 11.6 Å². The summed E-state index contributed by atoms with van der Waals surface area (Å²) in [5, 5.41) is 12.9. The highest BCUT2D eigenvalue weighted by molar-refractivity contribution is 6.31. The number of aliphatic carboxylic acids is 1. The molecule has 0 aliphatic rings. The summed E-state index contributed by atoms with van der Waals surface area (Å²) in [6, 6.07) is 5.08. The van der Waals surface area contributed by atoms with Crippen LogP contribution in [0.3, 0.4) is 0 Å². The number of rotatable bonds is 6. The zero-order chi connectivity index (χ0) is 13.5. The predicted molar refractivity (Wildman–Crippen MR) is 69.6 cm³/mol. The first-order chi connectivity index (χ1) is 8.54. The van der Waals surface area contributed by atoms with Crippen LogP contribution in [0.4, 0.5) is 0 Å². The summed E-state index contributed by atoms with van der Waals surface area (Å²) in [7, 11) is 0. The van der Waals surface area contributed by atoms with Crippen LogP contribution in [0.1, 0.15) is 36.4 Å². The first-order valence-electron chi connectivity index (χ1n) is 5.56. The van der Waals surface area contributed by atoms with Crippen LogP contribution in [-0.4, -0.2) is 11.1 Å². The fourth-order valence-electron chi connectivity index (χ4n) is 1.68. The minimum atomic E-state index is -0.845. The van der Waals surface area contributed by atoms with Crippen molar-refractivity contribution in [2.24, 2.45) is 5.11 Å². The second kappa shape index (κ2) is 6.89. The Labute approximate surface area is 110 Å². The summed E-state index contributed by atoms with van der Waals surface area (Å²) in [5.41, 5.74) is 10.3. The minimum Gasteiger partial charge on any atom is -0.481 e. The van der Waals surface area contributed by atoms with Crippen LogP contribution in [-0.2, 0) is 4.79 Å². The number of carbonyl (C=O) groups is 1. The largest absolute Gasteiger partial charge is 0.481 e. The lowest BCUT2D eigenvalue weighted by Crippen LogP contribution is -1.99. The molecule has 1 N–H and O–H groups in total. The highest BCUT2D eigenvalue weighted by Crippen LogP contribution is 2.27. The molecule has 6 heteroatoms. The molecule has 0 bridgehead atoms. The molecular formula is C12H14ClN3O2. The van der Waals surface area contributed by atoms with E-state index in [0.29, 0.717) is 17.9 Å². The summed E-state index contributed by atoms with van der Waals surface area (Å²) in [6.45, 7) is 1.87. The molecular weight excluding hydrogens is 254 g/mol. The summed E-state index contributed by atoms with van der Waals surface area (Å²) in [5.74, 6) is -0.845. The topological polar surface area (TPSA) is 86.1 Å². The van der Waals surface area contributed by atoms with Gasteiger partial charge in [-0.15, -0.1) is 0 Å². The van der Waals surface area contributed by atoms with Gasteiger partial charge < -0.3 is 5.11 Å². The SMILES string of the molecule is Cc1cc(C(CCCC(=O)O)N=[N+]=[N-])ccc1Cl. The van der Waals surface area contributed by atoms with Gasteiger partial charge in [0.05, 0.1) is 6.04 Å². The quantitative estimate of drug-likeness (QED) is 0.474. The predicted octanol–water partition coefficient (Wildman–Crippen LogP) is 4.25. The third-order valence-electron chi connectivity index (χ3n) is 2.63.